The van der Waals surface area contributed by atoms with Gasteiger partial charge in [0.05, 0.1) is 5.52 Å². The molecule has 0 unspecified atom stereocenters. The number of hydrogen-bond acceptors (Lipinski definition) is 2. The van der Waals surface area contributed by atoms with Gasteiger partial charge >= 0.3 is 0 Å². The van der Waals surface area contributed by atoms with E-state index < -0.39 is 0 Å². The monoisotopic (exact) mass is 220 g/mol. The fourth-order valence-corrected chi connectivity index (χ4v) is 1.61. The standard InChI is InChI=1S/C12H13ClN2/c1-12(2,3)11-14-9-7-5-4-6-8(9)10(13)15-11/h4-7H,1-3H3. The topological polar surface area (TPSA) is 25.8 Å². The maximum atomic E-state index is 6.12. The summed E-state index contributed by atoms with van der Waals surface area (Å²) in [5.41, 5.74) is 0.829. The summed E-state index contributed by atoms with van der Waals surface area (Å²) in [6.45, 7) is 6.23. The molecule has 0 aliphatic rings. The number of rotatable bonds is 0. The van der Waals surface area contributed by atoms with Gasteiger partial charge in [-0.05, 0) is 12.1 Å². The first kappa shape index (κ1) is 10.4. The van der Waals surface area contributed by atoms with E-state index in [1.165, 1.54) is 0 Å². The molecule has 0 saturated carbocycles. The van der Waals surface area contributed by atoms with Crippen LogP contribution in [0.15, 0.2) is 24.3 Å². The largest absolute Gasteiger partial charge is 0.232 e. The Labute approximate surface area is 94.3 Å². The van der Waals surface area contributed by atoms with Crippen molar-refractivity contribution in [3.05, 3.63) is 35.2 Å². The maximum absolute atomic E-state index is 6.12. The highest BCUT2D eigenvalue weighted by molar-refractivity contribution is 6.34. The van der Waals surface area contributed by atoms with Gasteiger partial charge in [0.2, 0.25) is 0 Å². The van der Waals surface area contributed by atoms with Crippen LogP contribution in [-0.2, 0) is 5.41 Å². The van der Waals surface area contributed by atoms with Gasteiger partial charge in [-0.1, -0.05) is 44.5 Å². The Bertz CT molecular complexity index is 500. The summed E-state index contributed by atoms with van der Waals surface area (Å²) < 4.78 is 0. The van der Waals surface area contributed by atoms with Crippen LogP contribution in [-0.4, -0.2) is 9.97 Å². The summed E-state index contributed by atoms with van der Waals surface area (Å²) in [5, 5.41) is 1.44. The molecule has 0 spiro atoms. The Kier molecular flexibility index (Phi) is 2.39. The number of aromatic nitrogens is 2. The molecule has 2 nitrogen and oxygen atoms in total. The first-order chi connectivity index (χ1) is 6.98. The predicted octanol–water partition coefficient (Wildman–Crippen LogP) is 3.58. The fourth-order valence-electron chi connectivity index (χ4n) is 1.37. The molecule has 15 heavy (non-hydrogen) atoms. The van der Waals surface area contributed by atoms with Crippen LogP contribution in [0.1, 0.15) is 26.6 Å². The number of fused-ring (bicyclic) bond motifs is 1. The molecule has 0 atom stereocenters. The van der Waals surface area contributed by atoms with Gasteiger partial charge in [-0.25, -0.2) is 9.97 Å². The Balaban J connectivity index is 2.73. The lowest BCUT2D eigenvalue weighted by Gasteiger charge is -2.17. The number of hydrogen-bond donors (Lipinski definition) is 0. The molecule has 0 N–H and O–H groups in total. The molecular formula is C12H13ClN2. The van der Waals surface area contributed by atoms with Gasteiger partial charge in [-0.15, -0.1) is 0 Å². The van der Waals surface area contributed by atoms with Crippen molar-refractivity contribution in [2.24, 2.45) is 0 Å². The van der Waals surface area contributed by atoms with Crippen LogP contribution in [0.3, 0.4) is 0 Å². The Morgan fingerprint density at radius 1 is 1.07 bits per heavy atom. The zero-order chi connectivity index (χ0) is 11.1. The first-order valence-electron chi connectivity index (χ1n) is 4.91. The molecule has 1 aromatic carbocycles. The molecule has 0 bridgehead atoms. The predicted molar refractivity (Wildman–Crippen MR) is 63.2 cm³/mol. The summed E-state index contributed by atoms with van der Waals surface area (Å²) in [6, 6.07) is 7.79. The molecule has 0 radical (unpaired) electrons. The molecule has 0 aliphatic carbocycles. The van der Waals surface area contributed by atoms with Crippen molar-refractivity contribution < 1.29 is 0 Å². The third-order valence-electron chi connectivity index (χ3n) is 2.23. The van der Waals surface area contributed by atoms with Crippen LogP contribution in [0.2, 0.25) is 5.15 Å². The molecule has 2 aromatic rings. The smallest absolute Gasteiger partial charge is 0.140 e. The Hall–Kier alpha value is -1.15. The van der Waals surface area contributed by atoms with E-state index >= 15 is 0 Å². The molecular weight excluding hydrogens is 208 g/mol. The first-order valence-corrected chi connectivity index (χ1v) is 5.29. The lowest BCUT2D eigenvalue weighted by molar-refractivity contribution is 0.548. The molecule has 1 heterocycles. The summed E-state index contributed by atoms with van der Waals surface area (Å²) in [4.78, 5) is 8.84. The summed E-state index contributed by atoms with van der Waals surface area (Å²) in [7, 11) is 0. The number of para-hydroxylation sites is 1. The number of benzene rings is 1. The highest BCUT2D eigenvalue weighted by Gasteiger charge is 2.18. The normalized spacial score (nSPS) is 12.0. The van der Waals surface area contributed by atoms with E-state index in [2.05, 4.69) is 30.7 Å². The minimum atomic E-state index is -0.0757. The second-order valence-corrected chi connectivity index (χ2v) is 4.96. The number of nitrogens with zero attached hydrogens (tertiary/aromatic N) is 2. The maximum Gasteiger partial charge on any atom is 0.140 e. The van der Waals surface area contributed by atoms with E-state index in [-0.39, 0.29) is 5.41 Å². The highest BCUT2D eigenvalue weighted by atomic mass is 35.5. The van der Waals surface area contributed by atoms with Gasteiger partial charge < -0.3 is 0 Å². The summed E-state index contributed by atoms with van der Waals surface area (Å²) in [5.74, 6) is 0.784. The van der Waals surface area contributed by atoms with Crippen LogP contribution in [0.25, 0.3) is 10.9 Å². The molecule has 0 amide bonds. The van der Waals surface area contributed by atoms with E-state index in [9.17, 15) is 0 Å². The van der Waals surface area contributed by atoms with E-state index in [0.717, 1.165) is 16.7 Å². The Morgan fingerprint density at radius 3 is 2.40 bits per heavy atom. The van der Waals surface area contributed by atoms with Crippen LogP contribution >= 0.6 is 11.6 Å². The zero-order valence-corrected chi connectivity index (χ0v) is 9.84. The molecule has 3 heteroatoms. The van der Waals surface area contributed by atoms with Gasteiger partial charge in [-0.3, -0.25) is 0 Å². The van der Waals surface area contributed by atoms with Crippen LogP contribution in [0.4, 0.5) is 0 Å². The zero-order valence-electron chi connectivity index (χ0n) is 9.08. The van der Waals surface area contributed by atoms with Crippen LogP contribution in [0, 0.1) is 0 Å². The third kappa shape index (κ3) is 1.95. The molecule has 0 saturated heterocycles. The average molecular weight is 221 g/mol. The minimum absolute atomic E-state index is 0.0757. The molecule has 1 aromatic heterocycles. The van der Waals surface area contributed by atoms with E-state index in [4.69, 9.17) is 11.6 Å². The van der Waals surface area contributed by atoms with E-state index in [1.54, 1.807) is 0 Å². The van der Waals surface area contributed by atoms with Crippen molar-refractivity contribution in [3.63, 3.8) is 0 Å². The van der Waals surface area contributed by atoms with Crippen molar-refractivity contribution in [1.82, 2.24) is 9.97 Å². The number of halogens is 1. The van der Waals surface area contributed by atoms with Gasteiger partial charge in [0, 0.05) is 10.8 Å². The highest BCUT2D eigenvalue weighted by Crippen LogP contribution is 2.25. The van der Waals surface area contributed by atoms with Crippen molar-refractivity contribution in [2.75, 3.05) is 0 Å². The Morgan fingerprint density at radius 2 is 1.73 bits per heavy atom. The molecule has 2 rings (SSSR count). The molecule has 78 valence electrons. The van der Waals surface area contributed by atoms with Crippen LogP contribution in [0.5, 0.6) is 0 Å². The average Bonchev–Trinajstić information content (AvgIpc) is 2.16. The van der Waals surface area contributed by atoms with Crippen molar-refractivity contribution >= 4 is 22.5 Å². The SMILES string of the molecule is CC(C)(C)c1nc(Cl)c2ccccc2n1. The second-order valence-electron chi connectivity index (χ2n) is 4.61. The lowest BCUT2D eigenvalue weighted by atomic mass is 9.95. The lowest BCUT2D eigenvalue weighted by Crippen LogP contribution is -2.16. The summed E-state index contributed by atoms with van der Waals surface area (Å²) in [6.07, 6.45) is 0. The second kappa shape index (κ2) is 3.46. The molecule has 0 fully saturated rings. The van der Waals surface area contributed by atoms with Gasteiger partial charge in [0.1, 0.15) is 11.0 Å². The quantitative estimate of drug-likeness (QED) is 0.635. The molecule has 0 aliphatic heterocycles. The summed E-state index contributed by atoms with van der Waals surface area (Å²) >= 11 is 6.12. The fraction of sp³-hybridized carbons (Fsp3) is 0.333. The minimum Gasteiger partial charge on any atom is -0.232 e. The van der Waals surface area contributed by atoms with Crippen LogP contribution < -0.4 is 0 Å². The van der Waals surface area contributed by atoms with E-state index in [1.807, 2.05) is 24.3 Å². The van der Waals surface area contributed by atoms with Gasteiger partial charge in [0.15, 0.2) is 0 Å². The van der Waals surface area contributed by atoms with Gasteiger partial charge in [-0.2, -0.15) is 0 Å². The van der Waals surface area contributed by atoms with E-state index in [0.29, 0.717) is 5.15 Å². The van der Waals surface area contributed by atoms with Crippen molar-refractivity contribution in [1.29, 1.82) is 0 Å². The van der Waals surface area contributed by atoms with Crippen molar-refractivity contribution in [3.8, 4) is 0 Å². The van der Waals surface area contributed by atoms with Gasteiger partial charge in [0.25, 0.3) is 0 Å². The van der Waals surface area contributed by atoms with Crippen molar-refractivity contribution in [2.45, 2.75) is 26.2 Å². The third-order valence-corrected chi connectivity index (χ3v) is 2.52.